The zero-order chi connectivity index (χ0) is 15.0. The number of carbonyl (C=O) groups excluding carboxylic acids is 1. The molecule has 0 fully saturated rings. The number of rotatable bonds is 8. The van der Waals surface area contributed by atoms with E-state index in [4.69, 9.17) is 5.11 Å². The van der Waals surface area contributed by atoms with Crippen LogP contribution in [-0.2, 0) is 0 Å². The molecule has 0 saturated heterocycles. The third-order valence-corrected chi connectivity index (χ3v) is 3.04. The Hall–Kier alpha value is -1.95. The van der Waals surface area contributed by atoms with E-state index in [1.165, 1.54) is 18.2 Å². The molecule has 1 aromatic carbocycles. The largest absolute Gasteiger partial charge is 0.396 e. The van der Waals surface area contributed by atoms with Gasteiger partial charge in [-0.15, -0.1) is 0 Å². The first-order chi connectivity index (χ1) is 9.56. The zero-order valence-electron chi connectivity index (χ0n) is 11.6. The van der Waals surface area contributed by atoms with Crippen LogP contribution in [0, 0.1) is 17.0 Å². The number of hydrogen-bond donors (Lipinski definition) is 2. The normalized spacial score (nSPS) is 10.3. The topological polar surface area (TPSA) is 92.5 Å². The third kappa shape index (κ3) is 4.97. The molecule has 6 nitrogen and oxygen atoms in total. The number of nitro groups is 1. The van der Waals surface area contributed by atoms with Crippen molar-refractivity contribution in [2.24, 2.45) is 0 Å². The average molecular weight is 280 g/mol. The molecule has 0 atom stereocenters. The molecular formula is C14H20N2O4. The molecule has 1 rings (SSSR count). The van der Waals surface area contributed by atoms with E-state index in [2.05, 4.69) is 5.32 Å². The fourth-order valence-corrected chi connectivity index (χ4v) is 1.90. The van der Waals surface area contributed by atoms with Crippen molar-refractivity contribution in [2.45, 2.75) is 32.6 Å². The summed E-state index contributed by atoms with van der Waals surface area (Å²) in [4.78, 5) is 22.1. The summed E-state index contributed by atoms with van der Waals surface area (Å²) < 4.78 is 0. The van der Waals surface area contributed by atoms with Gasteiger partial charge in [0.05, 0.1) is 4.92 Å². The summed E-state index contributed by atoms with van der Waals surface area (Å²) in [6, 6.07) is 4.22. The molecule has 0 bridgehead atoms. The number of non-ortho nitro benzene ring substituents is 1. The highest BCUT2D eigenvalue weighted by atomic mass is 16.6. The van der Waals surface area contributed by atoms with E-state index in [-0.39, 0.29) is 18.2 Å². The van der Waals surface area contributed by atoms with Crippen LogP contribution >= 0.6 is 0 Å². The molecule has 0 aliphatic rings. The first-order valence-corrected chi connectivity index (χ1v) is 6.70. The van der Waals surface area contributed by atoms with Gasteiger partial charge >= 0.3 is 0 Å². The van der Waals surface area contributed by atoms with E-state index in [0.29, 0.717) is 17.7 Å². The number of aliphatic hydroxyl groups excluding tert-OH is 1. The van der Waals surface area contributed by atoms with E-state index < -0.39 is 4.92 Å². The van der Waals surface area contributed by atoms with Gasteiger partial charge in [-0.25, -0.2) is 0 Å². The molecule has 1 amide bonds. The summed E-state index contributed by atoms with van der Waals surface area (Å²) in [6.07, 6.45) is 3.55. The Morgan fingerprint density at radius 1 is 1.30 bits per heavy atom. The summed E-state index contributed by atoms with van der Waals surface area (Å²) in [7, 11) is 0. The van der Waals surface area contributed by atoms with Crippen molar-refractivity contribution in [3.63, 3.8) is 0 Å². The van der Waals surface area contributed by atoms with Gasteiger partial charge in [0.2, 0.25) is 0 Å². The average Bonchev–Trinajstić information content (AvgIpc) is 2.42. The molecule has 0 aromatic heterocycles. The minimum atomic E-state index is -0.476. The molecule has 0 heterocycles. The van der Waals surface area contributed by atoms with Crippen LogP contribution in [-0.4, -0.2) is 29.1 Å². The minimum absolute atomic E-state index is 0.0111. The lowest BCUT2D eigenvalue weighted by atomic mass is 10.1. The van der Waals surface area contributed by atoms with E-state index in [1.807, 2.05) is 0 Å². The van der Waals surface area contributed by atoms with Crippen LogP contribution in [0.2, 0.25) is 0 Å². The standard InChI is InChI=1S/C14H20N2O4/c1-11-10-12(16(19)20)6-7-13(11)14(18)15-8-4-2-3-5-9-17/h6-7,10,17H,2-5,8-9H2,1H3,(H,15,18). The Labute approximate surface area is 118 Å². The van der Waals surface area contributed by atoms with E-state index >= 15 is 0 Å². The number of unbranched alkanes of at least 4 members (excludes halogenated alkanes) is 3. The molecule has 1 aromatic rings. The van der Waals surface area contributed by atoms with Gasteiger partial charge in [-0.1, -0.05) is 12.8 Å². The van der Waals surface area contributed by atoms with Crippen molar-refractivity contribution in [2.75, 3.05) is 13.2 Å². The Morgan fingerprint density at radius 3 is 2.60 bits per heavy atom. The monoisotopic (exact) mass is 280 g/mol. The van der Waals surface area contributed by atoms with Crippen LogP contribution in [0.1, 0.15) is 41.6 Å². The number of benzene rings is 1. The molecule has 0 radical (unpaired) electrons. The number of nitro benzene ring substituents is 1. The molecule has 0 saturated carbocycles. The predicted octanol–water partition coefficient (Wildman–Crippen LogP) is 2.19. The first-order valence-electron chi connectivity index (χ1n) is 6.70. The maximum atomic E-state index is 11.9. The molecule has 20 heavy (non-hydrogen) atoms. The molecule has 110 valence electrons. The van der Waals surface area contributed by atoms with Crippen molar-refractivity contribution < 1.29 is 14.8 Å². The lowest BCUT2D eigenvalue weighted by molar-refractivity contribution is -0.384. The predicted molar refractivity (Wildman–Crippen MR) is 75.7 cm³/mol. The van der Waals surface area contributed by atoms with Gasteiger partial charge in [-0.2, -0.15) is 0 Å². The minimum Gasteiger partial charge on any atom is -0.396 e. The number of amides is 1. The Balaban J connectivity index is 2.45. The Morgan fingerprint density at radius 2 is 2.00 bits per heavy atom. The maximum absolute atomic E-state index is 11.9. The molecule has 2 N–H and O–H groups in total. The number of hydrogen-bond acceptors (Lipinski definition) is 4. The van der Waals surface area contributed by atoms with Crippen LogP contribution in [0.25, 0.3) is 0 Å². The van der Waals surface area contributed by atoms with Crippen molar-refractivity contribution >= 4 is 11.6 Å². The number of nitrogens with zero attached hydrogens (tertiary/aromatic N) is 1. The Kier molecular flexibility index (Phi) is 6.66. The highest BCUT2D eigenvalue weighted by Crippen LogP contribution is 2.17. The summed E-state index contributed by atoms with van der Waals surface area (Å²) in [5.74, 6) is -0.209. The van der Waals surface area contributed by atoms with Gasteiger partial charge in [0.15, 0.2) is 0 Å². The van der Waals surface area contributed by atoms with Gasteiger partial charge in [0.25, 0.3) is 11.6 Å². The van der Waals surface area contributed by atoms with Crippen LogP contribution in [0.5, 0.6) is 0 Å². The second-order valence-electron chi connectivity index (χ2n) is 4.65. The third-order valence-electron chi connectivity index (χ3n) is 3.04. The zero-order valence-corrected chi connectivity index (χ0v) is 11.6. The van der Waals surface area contributed by atoms with Crippen molar-refractivity contribution in [3.8, 4) is 0 Å². The number of aliphatic hydroxyl groups is 1. The Bertz CT molecular complexity index is 474. The van der Waals surface area contributed by atoms with Gasteiger partial charge < -0.3 is 10.4 Å². The maximum Gasteiger partial charge on any atom is 0.269 e. The molecule has 0 aliphatic heterocycles. The molecule has 0 unspecified atom stereocenters. The van der Waals surface area contributed by atoms with E-state index in [1.54, 1.807) is 6.92 Å². The quantitative estimate of drug-likeness (QED) is 0.433. The summed E-state index contributed by atoms with van der Waals surface area (Å²) in [5, 5.41) is 22.0. The fraction of sp³-hybridized carbons (Fsp3) is 0.500. The van der Waals surface area contributed by atoms with Gasteiger partial charge in [0, 0.05) is 30.8 Å². The fourth-order valence-electron chi connectivity index (χ4n) is 1.90. The van der Waals surface area contributed by atoms with Gasteiger partial charge in [0.1, 0.15) is 0 Å². The lowest BCUT2D eigenvalue weighted by Crippen LogP contribution is -2.25. The van der Waals surface area contributed by atoms with Crippen LogP contribution in [0.15, 0.2) is 18.2 Å². The van der Waals surface area contributed by atoms with Crippen molar-refractivity contribution in [1.82, 2.24) is 5.32 Å². The van der Waals surface area contributed by atoms with Crippen LogP contribution < -0.4 is 5.32 Å². The summed E-state index contributed by atoms with van der Waals surface area (Å²) in [5.41, 5.74) is 1.05. The number of carbonyl (C=O) groups is 1. The van der Waals surface area contributed by atoms with Crippen molar-refractivity contribution in [1.29, 1.82) is 0 Å². The van der Waals surface area contributed by atoms with Gasteiger partial charge in [-0.05, 0) is 31.4 Å². The number of nitrogens with one attached hydrogen (secondary N) is 1. The molecular weight excluding hydrogens is 260 g/mol. The summed E-state index contributed by atoms with van der Waals surface area (Å²) >= 11 is 0. The van der Waals surface area contributed by atoms with Crippen LogP contribution in [0.3, 0.4) is 0 Å². The number of aryl methyl sites for hydroxylation is 1. The van der Waals surface area contributed by atoms with E-state index in [0.717, 1.165) is 25.7 Å². The van der Waals surface area contributed by atoms with Crippen LogP contribution in [0.4, 0.5) is 5.69 Å². The smallest absolute Gasteiger partial charge is 0.269 e. The second-order valence-corrected chi connectivity index (χ2v) is 4.65. The SMILES string of the molecule is Cc1cc([N+](=O)[O-])ccc1C(=O)NCCCCCCO. The highest BCUT2D eigenvalue weighted by molar-refractivity contribution is 5.95. The second kappa shape index (κ2) is 8.27. The molecule has 0 spiro atoms. The lowest BCUT2D eigenvalue weighted by Gasteiger charge is -2.07. The van der Waals surface area contributed by atoms with Crippen molar-refractivity contribution in [3.05, 3.63) is 39.4 Å². The summed E-state index contributed by atoms with van der Waals surface area (Å²) in [6.45, 7) is 2.46. The first kappa shape index (κ1) is 16.1. The molecule has 6 heteroatoms. The highest BCUT2D eigenvalue weighted by Gasteiger charge is 2.12. The van der Waals surface area contributed by atoms with E-state index in [9.17, 15) is 14.9 Å². The molecule has 0 aliphatic carbocycles. The van der Waals surface area contributed by atoms with Gasteiger partial charge in [-0.3, -0.25) is 14.9 Å².